The number of rotatable bonds is 12. The van der Waals surface area contributed by atoms with Gasteiger partial charge >= 0.3 is 5.97 Å². The van der Waals surface area contributed by atoms with Crippen LogP contribution in [0.4, 0.5) is 0 Å². The number of hydrogen-bond acceptors (Lipinski definition) is 4. The minimum atomic E-state index is -0.152. The van der Waals surface area contributed by atoms with Crippen LogP contribution in [-0.2, 0) is 20.5 Å². The number of carbonyl (C=O) groups is 1. The molecular formula is C19H30IO4P. The molecule has 1 rings (SSSR count). The molecule has 2 atom stereocenters. The van der Waals surface area contributed by atoms with Crippen molar-refractivity contribution in [3.63, 3.8) is 0 Å². The summed E-state index contributed by atoms with van der Waals surface area (Å²) < 4.78 is 10.9. The van der Waals surface area contributed by atoms with Crippen LogP contribution in [-0.4, -0.2) is 24.3 Å². The summed E-state index contributed by atoms with van der Waals surface area (Å²) in [5.74, 6) is -0.152. The molecule has 1 N–H and O–H groups in total. The monoisotopic (exact) mass is 480 g/mol. The van der Waals surface area contributed by atoms with E-state index in [0.29, 0.717) is 25.9 Å². The first-order valence-corrected chi connectivity index (χ1v) is 12.8. The molecule has 6 heteroatoms. The van der Waals surface area contributed by atoms with Crippen molar-refractivity contribution in [1.82, 2.24) is 0 Å². The highest BCUT2D eigenvalue weighted by atomic mass is 127. The summed E-state index contributed by atoms with van der Waals surface area (Å²) in [5.41, 5.74) is 2.25. The standard InChI is InChI=1S/C19H30IO4P/c1-4-23-18(22)11-10-15-7-5-8-16(13-15)17(24-25-20)9-6-12-19(2,3)14-21/h5,7-8,13,17,21,25H,4,6,9-12,14H2,1-3H3. The number of aliphatic hydroxyl groups is 1. The average molecular weight is 480 g/mol. The zero-order valence-electron chi connectivity index (χ0n) is 15.4. The fourth-order valence-electron chi connectivity index (χ4n) is 2.62. The third kappa shape index (κ3) is 9.32. The van der Waals surface area contributed by atoms with Crippen molar-refractivity contribution < 1.29 is 19.2 Å². The summed E-state index contributed by atoms with van der Waals surface area (Å²) in [4.78, 5) is 11.5. The van der Waals surface area contributed by atoms with Crippen molar-refractivity contribution in [2.24, 2.45) is 5.41 Å². The molecule has 0 amide bonds. The van der Waals surface area contributed by atoms with Gasteiger partial charge in [-0.25, -0.2) is 0 Å². The molecule has 1 aromatic rings. The molecule has 0 saturated heterocycles. The van der Waals surface area contributed by atoms with Crippen molar-refractivity contribution in [1.29, 1.82) is 0 Å². The van der Waals surface area contributed by atoms with Crippen LogP contribution in [0.25, 0.3) is 0 Å². The van der Waals surface area contributed by atoms with Gasteiger partial charge in [0.1, 0.15) is 0 Å². The van der Waals surface area contributed by atoms with Gasteiger partial charge in [0.05, 0.1) is 19.2 Å². The van der Waals surface area contributed by atoms with Crippen molar-refractivity contribution in [3.8, 4) is 0 Å². The summed E-state index contributed by atoms with van der Waals surface area (Å²) in [6, 6.07) is 8.30. The summed E-state index contributed by atoms with van der Waals surface area (Å²) in [6.07, 6.45) is 4.06. The van der Waals surface area contributed by atoms with Gasteiger partial charge in [0.15, 0.2) is 0 Å². The number of aryl methyl sites for hydroxylation is 1. The maximum atomic E-state index is 11.5. The van der Waals surface area contributed by atoms with E-state index in [4.69, 9.17) is 9.26 Å². The van der Waals surface area contributed by atoms with Gasteiger partial charge in [0, 0.05) is 13.0 Å². The third-order valence-electron chi connectivity index (χ3n) is 4.18. The maximum absolute atomic E-state index is 11.5. The molecule has 142 valence electrons. The molecule has 0 radical (unpaired) electrons. The Bertz CT molecular complexity index is 522. The third-order valence-corrected chi connectivity index (χ3v) is 5.32. The number of esters is 1. The number of hydrogen-bond donors (Lipinski definition) is 1. The summed E-state index contributed by atoms with van der Waals surface area (Å²) in [6.45, 7) is 7.02. The van der Waals surface area contributed by atoms with Gasteiger partial charge in [0.25, 0.3) is 0 Å². The lowest BCUT2D eigenvalue weighted by atomic mass is 9.87. The zero-order chi connectivity index (χ0) is 18.7. The normalized spacial score (nSPS) is 13.3. The fraction of sp³-hybridized carbons (Fsp3) is 0.632. The Kier molecular flexibility index (Phi) is 11.1. The van der Waals surface area contributed by atoms with E-state index >= 15 is 0 Å². The molecule has 4 nitrogen and oxygen atoms in total. The fourth-order valence-corrected chi connectivity index (χ4v) is 3.90. The van der Waals surface area contributed by atoms with E-state index in [-0.39, 0.29) is 24.1 Å². The smallest absolute Gasteiger partial charge is 0.306 e. The molecule has 0 bridgehead atoms. The van der Waals surface area contributed by atoms with Crippen molar-refractivity contribution in [3.05, 3.63) is 35.4 Å². The molecule has 0 aliphatic rings. The van der Waals surface area contributed by atoms with E-state index in [2.05, 4.69) is 48.0 Å². The number of halogens is 1. The highest BCUT2D eigenvalue weighted by molar-refractivity contribution is 14.2. The van der Waals surface area contributed by atoms with Crippen molar-refractivity contribution in [2.75, 3.05) is 13.2 Å². The van der Waals surface area contributed by atoms with Gasteiger partial charge in [-0.05, 0) is 71.2 Å². The average Bonchev–Trinajstić information content (AvgIpc) is 2.60. The van der Waals surface area contributed by atoms with E-state index in [1.807, 2.05) is 19.1 Å². The van der Waals surface area contributed by atoms with Crippen molar-refractivity contribution >= 4 is 34.5 Å². The summed E-state index contributed by atoms with van der Waals surface area (Å²) >= 11 is 2.25. The van der Waals surface area contributed by atoms with Crippen LogP contribution in [0.2, 0.25) is 0 Å². The lowest BCUT2D eigenvalue weighted by Crippen LogP contribution is -2.16. The van der Waals surface area contributed by atoms with Crippen LogP contribution < -0.4 is 0 Å². The van der Waals surface area contributed by atoms with E-state index in [9.17, 15) is 9.90 Å². The largest absolute Gasteiger partial charge is 0.466 e. The van der Waals surface area contributed by atoms with Gasteiger partial charge in [0.2, 0.25) is 0 Å². The second-order valence-corrected chi connectivity index (χ2v) is 8.66. The van der Waals surface area contributed by atoms with Crippen molar-refractivity contribution in [2.45, 2.75) is 59.0 Å². The lowest BCUT2D eigenvalue weighted by Gasteiger charge is -2.23. The van der Waals surface area contributed by atoms with Crippen LogP contribution in [0.5, 0.6) is 0 Å². The Labute approximate surface area is 166 Å². The highest BCUT2D eigenvalue weighted by Gasteiger charge is 2.19. The van der Waals surface area contributed by atoms with E-state index in [0.717, 1.165) is 30.4 Å². The molecule has 0 spiro atoms. The summed E-state index contributed by atoms with van der Waals surface area (Å²) in [5, 5.41) is 9.39. The molecule has 0 heterocycles. The lowest BCUT2D eigenvalue weighted by molar-refractivity contribution is -0.143. The number of aliphatic hydroxyl groups excluding tert-OH is 1. The van der Waals surface area contributed by atoms with E-state index in [1.54, 1.807) is 0 Å². The van der Waals surface area contributed by atoms with E-state index in [1.165, 1.54) is 0 Å². The van der Waals surface area contributed by atoms with Crippen LogP contribution in [0.15, 0.2) is 24.3 Å². The molecule has 0 fully saturated rings. The predicted octanol–water partition coefficient (Wildman–Crippen LogP) is 5.37. The first-order chi connectivity index (χ1) is 11.9. The molecule has 0 aliphatic carbocycles. The highest BCUT2D eigenvalue weighted by Crippen LogP contribution is 2.36. The number of carbonyl (C=O) groups excluding carboxylic acids is 1. The zero-order valence-corrected chi connectivity index (χ0v) is 18.5. The first-order valence-electron chi connectivity index (χ1n) is 8.78. The van der Waals surface area contributed by atoms with Gasteiger partial charge < -0.3 is 14.4 Å². The Morgan fingerprint density at radius 3 is 2.80 bits per heavy atom. The SMILES string of the molecule is CCOC(=O)CCc1cccc(C(CCCC(C)(C)CO)OPI)c1. The topological polar surface area (TPSA) is 55.8 Å². The minimum Gasteiger partial charge on any atom is -0.466 e. The maximum Gasteiger partial charge on any atom is 0.306 e. The second kappa shape index (κ2) is 12.2. The Balaban J connectivity index is 2.66. The van der Waals surface area contributed by atoms with Crippen LogP contribution in [0.1, 0.15) is 63.7 Å². The van der Waals surface area contributed by atoms with Gasteiger partial charge in [-0.15, -0.1) is 0 Å². The minimum absolute atomic E-state index is 0.0430. The van der Waals surface area contributed by atoms with Gasteiger partial charge in [-0.2, -0.15) is 0 Å². The molecular weight excluding hydrogens is 450 g/mol. The Hall–Kier alpha value is -0.230. The van der Waals surface area contributed by atoms with Crippen LogP contribution in [0.3, 0.4) is 0 Å². The molecule has 2 unspecified atom stereocenters. The molecule has 1 aromatic carbocycles. The first kappa shape index (κ1) is 22.8. The molecule has 0 aliphatic heterocycles. The molecule has 0 saturated carbocycles. The molecule has 0 aromatic heterocycles. The Morgan fingerprint density at radius 2 is 2.16 bits per heavy atom. The summed E-state index contributed by atoms with van der Waals surface area (Å²) in [7, 11) is 0. The predicted molar refractivity (Wildman–Crippen MR) is 112 cm³/mol. The second-order valence-electron chi connectivity index (χ2n) is 6.95. The number of ether oxygens (including phenoxy) is 1. The molecule has 25 heavy (non-hydrogen) atoms. The Morgan fingerprint density at radius 1 is 1.40 bits per heavy atom. The van der Waals surface area contributed by atoms with E-state index < -0.39 is 0 Å². The van der Waals surface area contributed by atoms with Crippen LogP contribution in [0, 0.1) is 5.41 Å². The van der Waals surface area contributed by atoms with Gasteiger partial charge in [-0.1, -0.05) is 38.1 Å². The van der Waals surface area contributed by atoms with Gasteiger partial charge in [-0.3, -0.25) is 4.79 Å². The van der Waals surface area contributed by atoms with Crippen LogP contribution >= 0.6 is 28.5 Å². The quantitative estimate of drug-likeness (QED) is 0.248. The number of benzene rings is 1.